The molecule has 0 aliphatic rings. The third-order valence-corrected chi connectivity index (χ3v) is 4.03. The minimum atomic E-state index is -0.220. The molecule has 0 radical (unpaired) electrons. The highest BCUT2D eigenvalue weighted by atomic mass is 16.5. The Balaban J connectivity index is 1.38. The van der Waals surface area contributed by atoms with Crippen molar-refractivity contribution in [3.8, 4) is 5.75 Å². The van der Waals surface area contributed by atoms with E-state index in [-0.39, 0.29) is 6.03 Å². The molecule has 0 saturated carbocycles. The molecule has 6 heteroatoms. The highest BCUT2D eigenvalue weighted by Gasteiger charge is 2.03. The number of rotatable bonds is 9. The van der Waals surface area contributed by atoms with E-state index >= 15 is 0 Å². The van der Waals surface area contributed by atoms with E-state index in [1.54, 1.807) is 12.5 Å². The molecule has 2 aromatic carbocycles. The maximum atomic E-state index is 12.0. The standard InChI is InChI=1S/C21H24N4O2/c26-21(23-11-5-13-25-14-12-22-17-25)24-19-8-4-9-20(16-19)27-15-10-18-6-2-1-3-7-18/h1-4,6-9,12,14,16-17H,5,10-11,13,15H2,(H2,23,24,26). The van der Waals surface area contributed by atoms with Gasteiger partial charge in [-0.3, -0.25) is 0 Å². The highest BCUT2D eigenvalue weighted by molar-refractivity contribution is 5.89. The number of ether oxygens (including phenoxy) is 1. The molecule has 2 amide bonds. The van der Waals surface area contributed by atoms with Crippen molar-refractivity contribution >= 4 is 11.7 Å². The van der Waals surface area contributed by atoms with Crippen LogP contribution in [0.25, 0.3) is 0 Å². The van der Waals surface area contributed by atoms with Crippen molar-refractivity contribution in [3.63, 3.8) is 0 Å². The van der Waals surface area contributed by atoms with Crippen LogP contribution in [0.3, 0.4) is 0 Å². The molecule has 0 bridgehead atoms. The molecular weight excluding hydrogens is 340 g/mol. The number of carbonyl (C=O) groups excluding carboxylic acids is 1. The zero-order valence-electron chi connectivity index (χ0n) is 15.2. The van der Waals surface area contributed by atoms with Crippen LogP contribution in [0.15, 0.2) is 73.3 Å². The number of carbonyl (C=O) groups is 1. The van der Waals surface area contributed by atoms with Gasteiger partial charge in [-0.1, -0.05) is 36.4 Å². The van der Waals surface area contributed by atoms with Gasteiger partial charge in [0.25, 0.3) is 0 Å². The van der Waals surface area contributed by atoms with Crippen LogP contribution in [-0.2, 0) is 13.0 Å². The molecule has 1 heterocycles. The van der Waals surface area contributed by atoms with Gasteiger partial charge in [-0.2, -0.15) is 0 Å². The van der Waals surface area contributed by atoms with Crippen LogP contribution >= 0.6 is 0 Å². The maximum Gasteiger partial charge on any atom is 0.319 e. The van der Waals surface area contributed by atoms with E-state index < -0.39 is 0 Å². The first-order valence-electron chi connectivity index (χ1n) is 9.07. The third-order valence-electron chi connectivity index (χ3n) is 4.03. The number of aryl methyl sites for hydroxylation is 1. The number of hydrogen-bond acceptors (Lipinski definition) is 3. The van der Waals surface area contributed by atoms with Gasteiger partial charge < -0.3 is 19.9 Å². The lowest BCUT2D eigenvalue weighted by Crippen LogP contribution is -2.30. The SMILES string of the molecule is O=C(NCCCn1ccnc1)Nc1cccc(OCCc2ccccc2)c1. The molecule has 140 valence electrons. The lowest BCUT2D eigenvalue weighted by Gasteiger charge is -2.10. The number of nitrogens with zero attached hydrogens (tertiary/aromatic N) is 2. The Bertz CT molecular complexity index is 819. The van der Waals surface area contributed by atoms with Gasteiger partial charge in [0.2, 0.25) is 0 Å². The van der Waals surface area contributed by atoms with Crippen LogP contribution < -0.4 is 15.4 Å². The zero-order valence-corrected chi connectivity index (χ0v) is 15.2. The van der Waals surface area contributed by atoms with Gasteiger partial charge in [0, 0.05) is 43.7 Å². The number of benzene rings is 2. The predicted octanol–water partition coefficient (Wildman–Crippen LogP) is 3.72. The van der Waals surface area contributed by atoms with Crippen LogP contribution in [-0.4, -0.2) is 28.7 Å². The fourth-order valence-corrected chi connectivity index (χ4v) is 2.65. The van der Waals surface area contributed by atoms with Gasteiger partial charge in [0.15, 0.2) is 0 Å². The molecule has 0 atom stereocenters. The summed E-state index contributed by atoms with van der Waals surface area (Å²) in [6.45, 7) is 2.01. The number of nitrogens with one attached hydrogen (secondary N) is 2. The van der Waals surface area contributed by atoms with E-state index in [1.807, 2.05) is 53.2 Å². The average Bonchev–Trinajstić information content (AvgIpc) is 3.20. The summed E-state index contributed by atoms with van der Waals surface area (Å²) in [5, 5.41) is 5.69. The van der Waals surface area contributed by atoms with E-state index in [9.17, 15) is 4.79 Å². The number of anilines is 1. The first kappa shape index (κ1) is 18.5. The largest absolute Gasteiger partial charge is 0.493 e. The molecule has 0 aliphatic heterocycles. The summed E-state index contributed by atoms with van der Waals surface area (Å²) >= 11 is 0. The Hall–Kier alpha value is -3.28. The Morgan fingerprint density at radius 1 is 1.11 bits per heavy atom. The van der Waals surface area contributed by atoms with Crippen molar-refractivity contribution in [2.45, 2.75) is 19.4 Å². The average molecular weight is 364 g/mol. The number of urea groups is 1. The summed E-state index contributed by atoms with van der Waals surface area (Å²) in [7, 11) is 0. The molecule has 3 rings (SSSR count). The summed E-state index contributed by atoms with van der Waals surface area (Å²) < 4.78 is 7.77. The second-order valence-corrected chi connectivity index (χ2v) is 6.15. The maximum absolute atomic E-state index is 12.0. The summed E-state index contributed by atoms with van der Waals surface area (Å²) in [6.07, 6.45) is 7.10. The molecular formula is C21H24N4O2. The van der Waals surface area contributed by atoms with Gasteiger partial charge in [-0.05, 0) is 24.1 Å². The fraction of sp³-hybridized carbons (Fsp3) is 0.238. The second-order valence-electron chi connectivity index (χ2n) is 6.15. The molecule has 0 aliphatic carbocycles. The van der Waals surface area contributed by atoms with Crippen LogP contribution in [0.1, 0.15) is 12.0 Å². The van der Waals surface area contributed by atoms with E-state index in [4.69, 9.17) is 4.74 Å². The Morgan fingerprint density at radius 2 is 2.00 bits per heavy atom. The normalized spacial score (nSPS) is 10.4. The van der Waals surface area contributed by atoms with Gasteiger partial charge in [-0.15, -0.1) is 0 Å². The first-order valence-corrected chi connectivity index (χ1v) is 9.07. The predicted molar refractivity (Wildman–Crippen MR) is 106 cm³/mol. The molecule has 0 saturated heterocycles. The molecule has 0 fully saturated rings. The number of imidazole rings is 1. The zero-order chi connectivity index (χ0) is 18.7. The molecule has 27 heavy (non-hydrogen) atoms. The van der Waals surface area contributed by atoms with Crippen LogP contribution in [0.2, 0.25) is 0 Å². The molecule has 2 N–H and O–H groups in total. The molecule has 1 aromatic heterocycles. The molecule has 6 nitrogen and oxygen atoms in total. The number of amides is 2. The van der Waals surface area contributed by atoms with Crippen LogP contribution in [0.5, 0.6) is 5.75 Å². The van der Waals surface area contributed by atoms with Gasteiger partial charge in [-0.25, -0.2) is 9.78 Å². The number of aromatic nitrogens is 2. The van der Waals surface area contributed by atoms with Gasteiger partial charge >= 0.3 is 6.03 Å². The van der Waals surface area contributed by atoms with Crippen molar-refractivity contribution in [2.75, 3.05) is 18.5 Å². The monoisotopic (exact) mass is 364 g/mol. The Morgan fingerprint density at radius 3 is 2.81 bits per heavy atom. The van der Waals surface area contributed by atoms with Crippen molar-refractivity contribution in [1.29, 1.82) is 0 Å². The molecule has 0 unspecified atom stereocenters. The van der Waals surface area contributed by atoms with Crippen molar-refractivity contribution in [2.24, 2.45) is 0 Å². The van der Waals surface area contributed by atoms with Gasteiger partial charge in [0.05, 0.1) is 12.9 Å². The highest BCUT2D eigenvalue weighted by Crippen LogP contribution is 2.17. The van der Waals surface area contributed by atoms with E-state index in [0.717, 1.165) is 25.1 Å². The minimum absolute atomic E-state index is 0.220. The second kappa shape index (κ2) is 10.0. The smallest absolute Gasteiger partial charge is 0.319 e. The van der Waals surface area contributed by atoms with Crippen LogP contribution in [0.4, 0.5) is 10.5 Å². The van der Waals surface area contributed by atoms with Gasteiger partial charge in [0.1, 0.15) is 5.75 Å². The number of hydrogen-bond donors (Lipinski definition) is 2. The Kier molecular flexibility index (Phi) is 6.86. The quantitative estimate of drug-likeness (QED) is 0.569. The summed E-state index contributed by atoms with van der Waals surface area (Å²) in [4.78, 5) is 16.0. The summed E-state index contributed by atoms with van der Waals surface area (Å²) in [5.41, 5.74) is 1.95. The minimum Gasteiger partial charge on any atom is -0.493 e. The van der Waals surface area contributed by atoms with Crippen molar-refractivity contribution in [3.05, 3.63) is 78.9 Å². The summed E-state index contributed by atoms with van der Waals surface area (Å²) in [6, 6.07) is 17.4. The fourth-order valence-electron chi connectivity index (χ4n) is 2.65. The van der Waals surface area contributed by atoms with E-state index in [1.165, 1.54) is 5.56 Å². The van der Waals surface area contributed by atoms with Crippen molar-refractivity contribution in [1.82, 2.24) is 14.9 Å². The van der Waals surface area contributed by atoms with E-state index in [0.29, 0.717) is 18.8 Å². The topological polar surface area (TPSA) is 68.2 Å². The van der Waals surface area contributed by atoms with E-state index in [2.05, 4.69) is 27.8 Å². The lowest BCUT2D eigenvalue weighted by molar-refractivity contribution is 0.252. The third kappa shape index (κ3) is 6.51. The first-order chi connectivity index (χ1) is 13.3. The Labute approximate surface area is 159 Å². The molecule has 3 aromatic rings. The van der Waals surface area contributed by atoms with Crippen molar-refractivity contribution < 1.29 is 9.53 Å². The lowest BCUT2D eigenvalue weighted by atomic mass is 10.2. The van der Waals surface area contributed by atoms with Crippen LogP contribution in [0, 0.1) is 0 Å². The summed E-state index contributed by atoms with van der Waals surface area (Å²) in [5.74, 6) is 0.740. The molecule has 0 spiro atoms.